The summed E-state index contributed by atoms with van der Waals surface area (Å²) in [5, 5.41) is 10.6. The van der Waals surface area contributed by atoms with Crippen molar-refractivity contribution in [3.05, 3.63) is 11.6 Å². The van der Waals surface area contributed by atoms with Crippen LogP contribution >= 0.6 is 0 Å². The normalized spacial score (nSPS) is 53.9. The Morgan fingerprint density at radius 3 is 2.60 bits per heavy atom. The van der Waals surface area contributed by atoms with Crippen molar-refractivity contribution in [2.45, 2.75) is 77.6 Å². The minimum absolute atomic E-state index is 0.0797. The maximum Gasteiger partial charge on any atom is 0.172 e. The van der Waals surface area contributed by atoms with Crippen LogP contribution in [0.25, 0.3) is 0 Å². The van der Waals surface area contributed by atoms with Crippen LogP contribution < -0.4 is 0 Å². The van der Waals surface area contributed by atoms with E-state index >= 15 is 0 Å². The molecular formula is C22H34O3. The first kappa shape index (κ1) is 16.8. The van der Waals surface area contributed by atoms with Crippen molar-refractivity contribution in [2.24, 2.45) is 34.5 Å². The van der Waals surface area contributed by atoms with Crippen molar-refractivity contribution in [3.8, 4) is 0 Å². The Balaban J connectivity index is 1.50. The summed E-state index contributed by atoms with van der Waals surface area (Å²) in [6.45, 7) is 8.84. The Labute approximate surface area is 152 Å². The lowest BCUT2D eigenvalue weighted by molar-refractivity contribution is -0.200. The molecule has 0 radical (unpaired) electrons. The Hall–Kier alpha value is -0.380. The van der Waals surface area contributed by atoms with E-state index in [4.69, 9.17) is 9.47 Å². The molecule has 1 heterocycles. The molecule has 140 valence electrons. The molecule has 25 heavy (non-hydrogen) atoms. The molecule has 4 aliphatic carbocycles. The number of rotatable bonds is 0. The van der Waals surface area contributed by atoms with Crippen molar-refractivity contribution < 1.29 is 14.6 Å². The molecule has 0 aromatic rings. The van der Waals surface area contributed by atoms with Crippen molar-refractivity contribution in [3.63, 3.8) is 0 Å². The molecule has 1 spiro atoms. The number of fused-ring (bicyclic) bond motifs is 5. The van der Waals surface area contributed by atoms with Gasteiger partial charge in [-0.05, 0) is 66.6 Å². The average molecular weight is 347 g/mol. The zero-order valence-corrected chi connectivity index (χ0v) is 16.1. The third kappa shape index (κ3) is 2.09. The van der Waals surface area contributed by atoms with Crippen molar-refractivity contribution in [1.82, 2.24) is 0 Å². The number of ether oxygens (including phenoxy) is 2. The highest BCUT2D eigenvalue weighted by Gasteiger charge is 2.61. The molecule has 4 fully saturated rings. The molecule has 7 atom stereocenters. The molecule has 3 saturated carbocycles. The molecule has 5 aliphatic rings. The second-order valence-corrected chi connectivity index (χ2v) is 10.2. The average Bonchev–Trinajstić information content (AvgIpc) is 3.14. The summed E-state index contributed by atoms with van der Waals surface area (Å²) in [6, 6.07) is 0. The van der Waals surface area contributed by atoms with Crippen molar-refractivity contribution in [2.75, 3.05) is 13.2 Å². The van der Waals surface area contributed by atoms with E-state index in [0.717, 1.165) is 44.3 Å². The fourth-order valence-electron chi connectivity index (χ4n) is 7.77. The molecular weight excluding hydrogens is 312 g/mol. The number of allylic oxidation sites excluding steroid dienone is 1. The summed E-state index contributed by atoms with van der Waals surface area (Å²) >= 11 is 0. The van der Waals surface area contributed by atoms with Gasteiger partial charge in [-0.1, -0.05) is 32.4 Å². The van der Waals surface area contributed by atoms with Crippen LogP contribution in [0.4, 0.5) is 0 Å². The third-order valence-corrected chi connectivity index (χ3v) is 9.40. The second kappa shape index (κ2) is 5.33. The number of hydrogen-bond acceptors (Lipinski definition) is 3. The molecule has 0 unspecified atom stereocenters. The molecule has 1 aliphatic heterocycles. The van der Waals surface area contributed by atoms with Crippen LogP contribution in [-0.4, -0.2) is 30.2 Å². The first-order valence-electron chi connectivity index (χ1n) is 10.5. The van der Waals surface area contributed by atoms with Crippen molar-refractivity contribution >= 4 is 0 Å². The lowest BCUT2D eigenvalue weighted by Gasteiger charge is -2.60. The van der Waals surface area contributed by atoms with E-state index in [1.54, 1.807) is 5.57 Å². The Morgan fingerprint density at radius 1 is 1.08 bits per heavy atom. The first-order valence-corrected chi connectivity index (χ1v) is 10.5. The standard InChI is InChI=1S/C22H34O3/c1-14-12-22(24-10-11-25-22)13-15-4-5-16-17-6-7-19(23)20(17,2)9-8-18(16)21(14,15)3/h4,14,16-19,23H,5-13H2,1-3H3/t14-,16-,17-,18-,19-,20-,21-/m0/s1. The van der Waals surface area contributed by atoms with Crippen LogP contribution in [0.2, 0.25) is 0 Å². The maximum atomic E-state index is 10.6. The van der Waals surface area contributed by atoms with Crippen LogP contribution in [0.1, 0.15) is 65.7 Å². The van der Waals surface area contributed by atoms with Crippen molar-refractivity contribution in [1.29, 1.82) is 0 Å². The summed E-state index contributed by atoms with van der Waals surface area (Å²) in [5.41, 5.74) is 2.06. The summed E-state index contributed by atoms with van der Waals surface area (Å²) in [6.07, 6.45) is 10.4. The molecule has 0 amide bonds. The molecule has 1 saturated heterocycles. The van der Waals surface area contributed by atoms with Crippen LogP contribution in [0.3, 0.4) is 0 Å². The van der Waals surface area contributed by atoms with E-state index < -0.39 is 0 Å². The molecule has 1 N–H and O–H groups in total. The number of aliphatic hydroxyl groups is 1. The van der Waals surface area contributed by atoms with E-state index in [0.29, 0.717) is 17.3 Å². The van der Waals surface area contributed by atoms with Gasteiger partial charge in [0.25, 0.3) is 0 Å². The first-order chi connectivity index (χ1) is 11.9. The molecule has 0 bridgehead atoms. The van der Waals surface area contributed by atoms with Gasteiger partial charge in [0, 0.05) is 12.8 Å². The molecule has 3 heteroatoms. The fourth-order valence-corrected chi connectivity index (χ4v) is 7.77. The van der Waals surface area contributed by atoms with Gasteiger partial charge >= 0.3 is 0 Å². The fraction of sp³-hybridized carbons (Fsp3) is 0.909. The summed E-state index contributed by atoms with van der Waals surface area (Å²) in [5.74, 6) is 2.49. The van der Waals surface area contributed by atoms with Crippen LogP contribution in [0.5, 0.6) is 0 Å². The topological polar surface area (TPSA) is 38.7 Å². The van der Waals surface area contributed by atoms with Crippen LogP contribution in [0, 0.1) is 34.5 Å². The van der Waals surface area contributed by atoms with E-state index in [1.807, 2.05) is 0 Å². The summed E-state index contributed by atoms with van der Waals surface area (Å²) < 4.78 is 12.2. The van der Waals surface area contributed by atoms with E-state index in [1.165, 1.54) is 25.7 Å². The van der Waals surface area contributed by atoms with Gasteiger partial charge in [0.1, 0.15) is 0 Å². The van der Waals surface area contributed by atoms with Gasteiger partial charge in [-0.3, -0.25) is 0 Å². The van der Waals surface area contributed by atoms with E-state index in [9.17, 15) is 5.11 Å². The van der Waals surface area contributed by atoms with Gasteiger partial charge in [-0.15, -0.1) is 0 Å². The van der Waals surface area contributed by atoms with Gasteiger partial charge < -0.3 is 14.6 Å². The lowest BCUT2D eigenvalue weighted by Crippen LogP contribution is -2.55. The van der Waals surface area contributed by atoms with Gasteiger partial charge in [-0.25, -0.2) is 0 Å². The monoisotopic (exact) mass is 346 g/mol. The highest BCUT2D eigenvalue weighted by molar-refractivity contribution is 5.28. The summed E-state index contributed by atoms with van der Waals surface area (Å²) in [4.78, 5) is 0. The Bertz CT molecular complexity index is 592. The zero-order valence-electron chi connectivity index (χ0n) is 16.1. The SMILES string of the molecule is C[C@H]1CC2(CC3=CC[C@H]4[C@@H]5CC[C@H](O)[C@@]5(C)CC[C@@H]4[C@]31C)OCCO2. The second-order valence-electron chi connectivity index (χ2n) is 10.2. The van der Waals surface area contributed by atoms with Crippen LogP contribution in [0.15, 0.2) is 11.6 Å². The number of aliphatic hydroxyl groups excluding tert-OH is 1. The lowest BCUT2D eigenvalue weighted by atomic mass is 9.45. The van der Waals surface area contributed by atoms with E-state index in [2.05, 4.69) is 26.8 Å². The quantitative estimate of drug-likeness (QED) is 0.665. The van der Waals surface area contributed by atoms with Crippen LogP contribution in [-0.2, 0) is 9.47 Å². The number of hydrogen-bond donors (Lipinski definition) is 1. The highest BCUT2D eigenvalue weighted by Crippen LogP contribution is 2.67. The smallest absolute Gasteiger partial charge is 0.172 e. The van der Waals surface area contributed by atoms with E-state index in [-0.39, 0.29) is 17.3 Å². The predicted octanol–water partition coefficient (Wildman–Crippen LogP) is 4.30. The van der Waals surface area contributed by atoms with Gasteiger partial charge in [0.15, 0.2) is 5.79 Å². The highest BCUT2D eigenvalue weighted by atomic mass is 16.7. The summed E-state index contributed by atoms with van der Waals surface area (Å²) in [7, 11) is 0. The predicted molar refractivity (Wildman–Crippen MR) is 96.9 cm³/mol. The minimum atomic E-state index is -0.329. The Kier molecular flexibility index (Phi) is 3.57. The zero-order chi connectivity index (χ0) is 17.4. The Morgan fingerprint density at radius 2 is 1.84 bits per heavy atom. The molecule has 0 aromatic heterocycles. The van der Waals surface area contributed by atoms with Gasteiger partial charge in [-0.2, -0.15) is 0 Å². The minimum Gasteiger partial charge on any atom is -0.393 e. The maximum absolute atomic E-state index is 10.6. The van der Waals surface area contributed by atoms with Gasteiger partial charge in [0.2, 0.25) is 0 Å². The van der Waals surface area contributed by atoms with Gasteiger partial charge in [0.05, 0.1) is 19.3 Å². The molecule has 0 aromatic carbocycles. The largest absolute Gasteiger partial charge is 0.393 e. The molecule has 5 rings (SSSR count). The third-order valence-electron chi connectivity index (χ3n) is 9.40. The molecule has 3 nitrogen and oxygen atoms in total.